The SMILES string of the molecule is Nc1ccc2cccc3c2c1C(=O)NC3=O. The second kappa shape index (κ2) is 2.82. The van der Waals surface area contributed by atoms with E-state index in [1.54, 1.807) is 18.2 Å². The number of hydrogen-bond donors (Lipinski definition) is 2. The first-order chi connectivity index (χ1) is 7.68. The van der Waals surface area contributed by atoms with Gasteiger partial charge in [0, 0.05) is 16.6 Å². The zero-order chi connectivity index (χ0) is 11.3. The molecule has 3 N–H and O–H groups in total. The normalized spacial score (nSPS) is 14.0. The lowest BCUT2D eigenvalue weighted by atomic mass is 9.94. The molecule has 0 spiro atoms. The summed E-state index contributed by atoms with van der Waals surface area (Å²) < 4.78 is 0. The van der Waals surface area contributed by atoms with E-state index in [1.807, 2.05) is 12.1 Å². The van der Waals surface area contributed by atoms with Crippen LogP contribution in [-0.2, 0) is 0 Å². The van der Waals surface area contributed by atoms with Gasteiger partial charge < -0.3 is 5.73 Å². The zero-order valence-electron chi connectivity index (χ0n) is 8.28. The summed E-state index contributed by atoms with van der Waals surface area (Å²) in [6, 6.07) is 8.81. The van der Waals surface area contributed by atoms with E-state index in [0.717, 1.165) is 5.39 Å². The minimum Gasteiger partial charge on any atom is -0.398 e. The highest BCUT2D eigenvalue weighted by Crippen LogP contribution is 2.30. The Morgan fingerprint density at radius 2 is 1.81 bits per heavy atom. The molecule has 2 amide bonds. The molecule has 2 aromatic rings. The van der Waals surface area contributed by atoms with Crippen molar-refractivity contribution < 1.29 is 9.59 Å². The second-order valence-electron chi connectivity index (χ2n) is 3.72. The summed E-state index contributed by atoms with van der Waals surface area (Å²) >= 11 is 0. The van der Waals surface area contributed by atoms with E-state index in [0.29, 0.717) is 22.2 Å². The highest BCUT2D eigenvalue weighted by atomic mass is 16.2. The molecule has 0 fully saturated rings. The predicted octanol–water partition coefficient (Wildman–Crippen LogP) is 1.31. The lowest BCUT2D eigenvalue weighted by Gasteiger charge is -2.17. The Morgan fingerprint density at radius 3 is 2.62 bits per heavy atom. The Morgan fingerprint density at radius 1 is 1.00 bits per heavy atom. The maximum Gasteiger partial charge on any atom is 0.260 e. The zero-order valence-corrected chi connectivity index (χ0v) is 8.28. The minimum absolute atomic E-state index is 0.367. The number of amides is 2. The van der Waals surface area contributed by atoms with Crippen molar-refractivity contribution in [2.75, 3.05) is 5.73 Å². The van der Waals surface area contributed by atoms with Crippen molar-refractivity contribution in [2.24, 2.45) is 0 Å². The lowest BCUT2D eigenvalue weighted by Crippen LogP contribution is -2.35. The molecule has 0 atom stereocenters. The third kappa shape index (κ3) is 0.982. The molecule has 0 radical (unpaired) electrons. The van der Waals surface area contributed by atoms with Crippen molar-refractivity contribution in [3.8, 4) is 0 Å². The molecule has 4 nitrogen and oxygen atoms in total. The number of hydrogen-bond acceptors (Lipinski definition) is 3. The third-order valence-electron chi connectivity index (χ3n) is 2.78. The topological polar surface area (TPSA) is 72.2 Å². The monoisotopic (exact) mass is 212 g/mol. The Balaban J connectivity index is 2.58. The molecule has 3 rings (SSSR count). The number of anilines is 1. The quantitative estimate of drug-likeness (QED) is 0.510. The molecule has 0 unspecified atom stereocenters. The molecule has 1 aliphatic rings. The highest BCUT2D eigenvalue weighted by Gasteiger charge is 2.26. The van der Waals surface area contributed by atoms with Gasteiger partial charge in [0.15, 0.2) is 0 Å². The molecule has 0 bridgehead atoms. The smallest absolute Gasteiger partial charge is 0.260 e. The molecule has 4 heteroatoms. The van der Waals surface area contributed by atoms with Crippen LogP contribution in [0.5, 0.6) is 0 Å². The average Bonchev–Trinajstić information content (AvgIpc) is 2.26. The van der Waals surface area contributed by atoms with E-state index in [9.17, 15) is 9.59 Å². The van der Waals surface area contributed by atoms with Crippen molar-refractivity contribution in [3.63, 3.8) is 0 Å². The van der Waals surface area contributed by atoms with Crippen molar-refractivity contribution in [1.82, 2.24) is 5.32 Å². The van der Waals surface area contributed by atoms with Gasteiger partial charge in [0.2, 0.25) is 0 Å². The van der Waals surface area contributed by atoms with Crippen LogP contribution in [0.15, 0.2) is 30.3 Å². The average molecular weight is 212 g/mol. The first-order valence-corrected chi connectivity index (χ1v) is 4.85. The number of nitrogen functional groups attached to an aromatic ring is 1. The van der Waals surface area contributed by atoms with Crippen LogP contribution in [0.25, 0.3) is 10.8 Å². The Labute approximate surface area is 91.0 Å². The molecule has 0 saturated heterocycles. The summed E-state index contributed by atoms with van der Waals surface area (Å²) in [7, 11) is 0. The Hall–Kier alpha value is -2.36. The van der Waals surface area contributed by atoms with Gasteiger partial charge in [0.25, 0.3) is 11.8 Å². The van der Waals surface area contributed by atoms with Gasteiger partial charge in [-0.15, -0.1) is 0 Å². The van der Waals surface area contributed by atoms with Gasteiger partial charge >= 0.3 is 0 Å². The number of rotatable bonds is 0. The van der Waals surface area contributed by atoms with Gasteiger partial charge in [0.05, 0.1) is 5.56 Å². The molecular weight excluding hydrogens is 204 g/mol. The largest absolute Gasteiger partial charge is 0.398 e. The fourth-order valence-corrected chi connectivity index (χ4v) is 2.06. The molecule has 16 heavy (non-hydrogen) atoms. The predicted molar refractivity (Wildman–Crippen MR) is 60.2 cm³/mol. The van der Waals surface area contributed by atoms with Crippen LogP contribution in [0.1, 0.15) is 20.7 Å². The Kier molecular flexibility index (Phi) is 1.57. The van der Waals surface area contributed by atoms with Crippen LogP contribution < -0.4 is 11.1 Å². The van der Waals surface area contributed by atoms with Crippen molar-refractivity contribution >= 4 is 28.3 Å². The molecule has 1 aliphatic heterocycles. The number of benzene rings is 2. The summed E-state index contributed by atoms with van der Waals surface area (Å²) in [5.74, 6) is -0.791. The number of imide groups is 1. The summed E-state index contributed by atoms with van der Waals surface area (Å²) in [4.78, 5) is 23.3. The highest BCUT2D eigenvalue weighted by molar-refractivity contribution is 6.27. The summed E-state index contributed by atoms with van der Waals surface area (Å²) in [6.07, 6.45) is 0. The first-order valence-electron chi connectivity index (χ1n) is 4.85. The van der Waals surface area contributed by atoms with Gasteiger partial charge in [-0.25, -0.2) is 0 Å². The van der Waals surface area contributed by atoms with Gasteiger partial charge in [-0.1, -0.05) is 18.2 Å². The van der Waals surface area contributed by atoms with Crippen LogP contribution in [0.2, 0.25) is 0 Å². The molecule has 0 aromatic heterocycles. The van der Waals surface area contributed by atoms with Crippen LogP contribution in [0.4, 0.5) is 5.69 Å². The van der Waals surface area contributed by atoms with Crippen LogP contribution in [-0.4, -0.2) is 11.8 Å². The minimum atomic E-state index is -0.424. The first kappa shape index (κ1) is 8.91. The lowest BCUT2D eigenvalue weighted by molar-refractivity contribution is 0.0845. The molecule has 2 aromatic carbocycles. The third-order valence-corrected chi connectivity index (χ3v) is 2.78. The molecule has 1 heterocycles. The van der Waals surface area contributed by atoms with Gasteiger partial charge in [-0.2, -0.15) is 0 Å². The maximum absolute atomic E-state index is 11.7. The van der Waals surface area contributed by atoms with Gasteiger partial charge in [-0.05, 0) is 17.5 Å². The van der Waals surface area contributed by atoms with Crippen molar-refractivity contribution in [1.29, 1.82) is 0 Å². The fraction of sp³-hybridized carbons (Fsp3) is 0. The van der Waals surface area contributed by atoms with Crippen LogP contribution in [0, 0.1) is 0 Å². The van der Waals surface area contributed by atoms with E-state index < -0.39 is 5.91 Å². The van der Waals surface area contributed by atoms with Crippen LogP contribution >= 0.6 is 0 Å². The molecule has 78 valence electrons. The van der Waals surface area contributed by atoms with E-state index in [2.05, 4.69) is 5.32 Å². The Bertz CT molecular complexity index is 647. The van der Waals surface area contributed by atoms with Crippen molar-refractivity contribution in [3.05, 3.63) is 41.5 Å². The summed E-state index contributed by atoms with van der Waals surface area (Å²) in [6.45, 7) is 0. The van der Waals surface area contributed by atoms with E-state index >= 15 is 0 Å². The number of nitrogens with one attached hydrogen (secondary N) is 1. The van der Waals surface area contributed by atoms with Gasteiger partial charge in [0.1, 0.15) is 0 Å². The summed E-state index contributed by atoms with van der Waals surface area (Å²) in [5, 5.41) is 3.78. The van der Waals surface area contributed by atoms with E-state index in [-0.39, 0.29) is 5.91 Å². The number of carbonyl (C=O) groups is 2. The van der Waals surface area contributed by atoms with Crippen LogP contribution in [0.3, 0.4) is 0 Å². The second-order valence-corrected chi connectivity index (χ2v) is 3.72. The molecule has 0 aliphatic carbocycles. The van der Waals surface area contributed by atoms with E-state index in [1.165, 1.54) is 0 Å². The van der Waals surface area contributed by atoms with Crippen molar-refractivity contribution in [2.45, 2.75) is 0 Å². The fourth-order valence-electron chi connectivity index (χ4n) is 2.06. The van der Waals surface area contributed by atoms with E-state index in [4.69, 9.17) is 5.73 Å². The molecular formula is C12H8N2O2. The van der Waals surface area contributed by atoms with Gasteiger partial charge in [-0.3, -0.25) is 14.9 Å². The number of carbonyl (C=O) groups excluding carboxylic acids is 2. The standard InChI is InChI=1S/C12H8N2O2/c13-8-5-4-6-2-1-3-7-9(6)10(8)12(16)14-11(7)15/h1-5H,13H2,(H,14,15,16). The summed E-state index contributed by atoms with van der Waals surface area (Å²) in [5.41, 5.74) is 7.05. The molecule has 0 saturated carbocycles. The maximum atomic E-state index is 11.7. The number of nitrogens with two attached hydrogens (primary N) is 1.